The number of hydrogen-bond acceptors (Lipinski definition) is 8. The highest BCUT2D eigenvalue weighted by Crippen LogP contribution is 2.32. The van der Waals surface area contributed by atoms with Crippen molar-refractivity contribution in [1.29, 1.82) is 0 Å². The molecule has 0 aliphatic heterocycles. The Morgan fingerprint density at radius 2 is 1.73 bits per heavy atom. The Balaban J connectivity index is 1.36. The molecule has 0 radical (unpaired) electrons. The van der Waals surface area contributed by atoms with Gasteiger partial charge in [-0.15, -0.1) is 10.2 Å². The maximum Gasteiger partial charge on any atom is 0.237 e. The van der Waals surface area contributed by atoms with E-state index in [1.807, 2.05) is 59.2 Å². The fourth-order valence-electron chi connectivity index (χ4n) is 3.84. The second kappa shape index (κ2) is 11.5. The second-order valence-corrected chi connectivity index (χ2v) is 9.44. The van der Waals surface area contributed by atoms with Gasteiger partial charge < -0.3 is 14.0 Å². The lowest BCUT2D eigenvalue weighted by Gasteiger charge is -2.10. The Morgan fingerprint density at radius 1 is 0.919 bits per heavy atom. The summed E-state index contributed by atoms with van der Waals surface area (Å²) >= 11 is 7.61. The zero-order valence-corrected chi connectivity index (χ0v) is 21.9. The number of methoxy groups -OCH3 is 2. The van der Waals surface area contributed by atoms with Crippen molar-refractivity contribution in [3.63, 3.8) is 0 Å². The summed E-state index contributed by atoms with van der Waals surface area (Å²) in [4.78, 5) is 4.56. The van der Waals surface area contributed by atoms with Gasteiger partial charge in [0.15, 0.2) is 5.16 Å². The van der Waals surface area contributed by atoms with Crippen LogP contribution in [0.5, 0.6) is 11.5 Å². The molecule has 188 valence electrons. The minimum absolute atomic E-state index is 0.426. The minimum Gasteiger partial charge on any atom is -0.497 e. The van der Waals surface area contributed by atoms with Crippen molar-refractivity contribution >= 4 is 23.4 Å². The number of hydrogen-bond donors (Lipinski definition) is 0. The number of rotatable bonds is 10. The van der Waals surface area contributed by atoms with Crippen LogP contribution in [0.2, 0.25) is 5.02 Å². The van der Waals surface area contributed by atoms with E-state index in [0.717, 1.165) is 35.1 Å². The van der Waals surface area contributed by atoms with Crippen LogP contribution >= 0.6 is 23.4 Å². The third kappa shape index (κ3) is 5.79. The fraction of sp³-hybridized carbons (Fsp3) is 0.185. The van der Waals surface area contributed by atoms with E-state index in [0.29, 0.717) is 34.0 Å². The van der Waals surface area contributed by atoms with Crippen molar-refractivity contribution in [2.75, 3.05) is 14.2 Å². The molecule has 8 nitrogen and oxygen atoms in total. The largest absolute Gasteiger partial charge is 0.497 e. The van der Waals surface area contributed by atoms with E-state index < -0.39 is 0 Å². The molecule has 0 atom stereocenters. The van der Waals surface area contributed by atoms with Crippen molar-refractivity contribution < 1.29 is 14.0 Å². The van der Waals surface area contributed by atoms with Crippen molar-refractivity contribution in [3.05, 3.63) is 95.1 Å². The van der Waals surface area contributed by atoms with Gasteiger partial charge in [-0.25, -0.2) is 0 Å². The maximum absolute atomic E-state index is 6.14. The lowest BCUT2D eigenvalue weighted by molar-refractivity contribution is 0.388. The van der Waals surface area contributed by atoms with E-state index in [1.165, 1.54) is 17.3 Å². The third-order valence-corrected chi connectivity index (χ3v) is 6.87. The van der Waals surface area contributed by atoms with Gasteiger partial charge >= 0.3 is 0 Å². The van der Waals surface area contributed by atoms with Crippen LogP contribution in [0.3, 0.4) is 0 Å². The van der Waals surface area contributed by atoms with Crippen molar-refractivity contribution in [3.8, 4) is 28.6 Å². The number of nitrogens with zero attached hydrogens (tertiary/aromatic N) is 5. The van der Waals surface area contributed by atoms with Crippen LogP contribution in [-0.4, -0.2) is 39.1 Å². The Morgan fingerprint density at radius 3 is 2.49 bits per heavy atom. The zero-order chi connectivity index (χ0) is 25.6. The predicted octanol–water partition coefficient (Wildman–Crippen LogP) is 6.07. The molecule has 10 heteroatoms. The molecule has 3 aromatic carbocycles. The highest BCUT2D eigenvalue weighted by atomic mass is 35.5. The molecule has 0 amide bonds. The van der Waals surface area contributed by atoms with Crippen LogP contribution in [0, 0.1) is 0 Å². The predicted molar refractivity (Wildman–Crippen MR) is 143 cm³/mol. The number of ether oxygens (including phenoxy) is 2. The molecule has 0 aliphatic rings. The number of thioether (sulfide) groups is 1. The average Bonchev–Trinajstić information content (AvgIpc) is 3.58. The van der Waals surface area contributed by atoms with Gasteiger partial charge in [0, 0.05) is 23.2 Å². The molecule has 0 N–H and O–H groups in total. The quantitative estimate of drug-likeness (QED) is 0.200. The van der Waals surface area contributed by atoms with E-state index in [9.17, 15) is 0 Å². The Hall–Kier alpha value is -3.82. The molecule has 5 aromatic rings. The molecule has 0 aliphatic carbocycles. The molecule has 0 fully saturated rings. The van der Waals surface area contributed by atoms with Gasteiger partial charge in [0.25, 0.3) is 0 Å². The maximum atomic E-state index is 6.14. The summed E-state index contributed by atoms with van der Waals surface area (Å²) in [6.07, 6.45) is 1.59. The standard InChI is InChI=1S/C27H24ClN5O3S/c1-34-21-13-14-22(23(16-21)35-2)26-29-25(36-32-26)17-37-27-31-30-24(15-8-18-6-4-3-5-7-18)33(27)20-11-9-19(28)10-12-20/h3-7,9-14,16H,8,15,17H2,1-2H3. The van der Waals surface area contributed by atoms with E-state index in [2.05, 4.69) is 32.5 Å². The molecule has 5 rings (SSSR count). The number of halogens is 1. The van der Waals surface area contributed by atoms with Crippen LogP contribution in [0.4, 0.5) is 0 Å². The van der Waals surface area contributed by atoms with Gasteiger partial charge in [-0.3, -0.25) is 4.57 Å². The number of aryl methyl sites for hydroxylation is 2. The summed E-state index contributed by atoms with van der Waals surface area (Å²) in [7, 11) is 3.20. The monoisotopic (exact) mass is 533 g/mol. The first-order valence-electron chi connectivity index (χ1n) is 11.6. The molecule has 0 saturated carbocycles. The molecule has 0 saturated heterocycles. The zero-order valence-electron chi connectivity index (χ0n) is 20.3. The Bertz CT molecular complexity index is 1470. The van der Waals surface area contributed by atoms with Crippen LogP contribution in [0.25, 0.3) is 17.1 Å². The highest BCUT2D eigenvalue weighted by Gasteiger charge is 2.18. The SMILES string of the molecule is COc1ccc(-c2noc(CSc3nnc(CCc4ccccc4)n3-c3ccc(Cl)cc3)n2)c(OC)c1. The molecule has 2 aromatic heterocycles. The minimum atomic E-state index is 0.426. The fourth-order valence-corrected chi connectivity index (χ4v) is 4.77. The average molecular weight is 534 g/mol. The van der Waals surface area contributed by atoms with E-state index in [4.69, 9.17) is 25.6 Å². The normalized spacial score (nSPS) is 11.0. The van der Waals surface area contributed by atoms with E-state index in [-0.39, 0.29) is 0 Å². The summed E-state index contributed by atoms with van der Waals surface area (Å²) in [5.41, 5.74) is 2.90. The van der Waals surface area contributed by atoms with Gasteiger partial charge in [0.2, 0.25) is 11.7 Å². The van der Waals surface area contributed by atoms with E-state index >= 15 is 0 Å². The second-order valence-electron chi connectivity index (χ2n) is 8.06. The molecular weight excluding hydrogens is 510 g/mol. The molecule has 37 heavy (non-hydrogen) atoms. The van der Waals surface area contributed by atoms with Gasteiger partial charge in [0.05, 0.1) is 25.5 Å². The van der Waals surface area contributed by atoms with Crippen LogP contribution in [0.1, 0.15) is 17.3 Å². The first kappa shape index (κ1) is 24.9. The third-order valence-electron chi connectivity index (χ3n) is 5.71. The van der Waals surface area contributed by atoms with Crippen LogP contribution < -0.4 is 9.47 Å². The summed E-state index contributed by atoms with van der Waals surface area (Å²) in [5, 5.41) is 14.5. The van der Waals surface area contributed by atoms with Crippen molar-refractivity contribution in [1.82, 2.24) is 24.9 Å². The van der Waals surface area contributed by atoms with Crippen LogP contribution in [-0.2, 0) is 18.6 Å². The molecule has 0 bridgehead atoms. The number of aromatic nitrogens is 5. The lowest BCUT2D eigenvalue weighted by Crippen LogP contribution is -2.04. The smallest absolute Gasteiger partial charge is 0.237 e. The molecule has 0 unspecified atom stereocenters. The number of benzene rings is 3. The summed E-state index contributed by atoms with van der Waals surface area (Å²) in [6.45, 7) is 0. The summed E-state index contributed by atoms with van der Waals surface area (Å²) in [5.74, 6) is 3.49. The van der Waals surface area contributed by atoms with Crippen LogP contribution in [0.15, 0.2) is 82.5 Å². The summed E-state index contributed by atoms with van der Waals surface area (Å²) in [6, 6.07) is 23.4. The highest BCUT2D eigenvalue weighted by molar-refractivity contribution is 7.98. The van der Waals surface area contributed by atoms with Gasteiger partial charge in [-0.2, -0.15) is 4.98 Å². The molecule has 0 spiro atoms. The Kier molecular flexibility index (Phi) is 7.72. The van der Waals surface area contributed by atoms with Crippen molar-refractivity contribution in [2.45, 2.75) is 23.8 Å². The Labute approximate surface area is 223 Å². The first-order valence-corrected chi connectivity index (χ1v) is 12.9. The van der Waals surface area contributed by atoms with Gasteiger partial charge in [-0.1, -0.05) is 58.9 Å². The molecule has 2 heterocycles. The van der Waals surface area contributed by atoms with Gasteiger partial charge in [-0.05, 0) is 48.4 Å². The van der Waals surface area contributed by atoms with Gasteiger partial charge in [0.1, 0.15) is 17.3 Å². The molecular formula is C27H24ClN5O3S. The summed E-state index contributed by atoms with van der Waals surface area (Å²) < 4.78 is 18.3. The lowest BCUT2D eigenvalue weighted by atomic mass is 10.1. The van der Waals surface area contributed by atoms with Crippen molar-refractivity contribution in [2.24, 2.45) is 0 Å². The van der Waals surface area contributed by atoms with E-state index in [1.54, 1.807) is 20.3 Å². The topological polar surface area (TPSA) is 88.1 Å². The first-order chi connectivity index (χ1) is 18.1.